The van der Waals surface area contributed by atoms with Gasteiger partial charge in [0.15, 0.2) is 11.5 Å². The van der Waals surface area contributed by atoms with Crippen LogP contribution in [-0.2, 0) is 9.59 Å². The molecule has 166 valence electrons. The van der Waals surface area contributed by atoms with E-state index in [1.807, 2.05) is 30.0 Å². The third kappa shape index (κ3) is 5.46. The van der Waals surface area contributed by atoms with Crippen molar-refractivity contribution >= 4 is 11.8 Å². The minimum atomic E-state index is -0.261. The lowest BCUT2D eigenvalue weighted by molar-refractivity contribution is -0.130. The van der Waals surface area contributed by atoms with Crippen molar-refractivity contribution < 1.29 is 19.1 Å². The summed E-state index contributed by atoms with van der Waals surface area (Å²) in [6.07, 6.45) is 8.15. The average molecular weight is 417 g/mol. The fourth-order valence-corrected chi connectivity index (χ4v) is 4.50. The number of ether oxygens (including phenoxy) is 2. The van der Waals surface area contributed by atoms with Crippen molar-refractivity contribution in [3.05, 3.63) is 23.8 Å². The van der Waals surface area contributed by atoms with Crippen LogP contribution in [0.2, 0.25) is 0 Å². The second-order valence-electron chi connectivity index (χ2n) is 8.58. The van der Waals surface area contributed by atoms with Crippen LogP contribution in [0.25, 0.3) is 0 Å². The van der Waals surface area contributed by atoms with E-state index in [1.54, 1.807) is 7.11 Å². The van der Waals surface area contributed by atoms with Crippen molar-refractivity contribution in [2.75, 3.05) is 20.3 Å². The molecule has 3 rings (SSSR count). The molecular weight excluding hydrogens is 380 g/mol. The van der Waals surface area contributed by atoms with Gasteiger partial charge >= 0.3 is 0 Å². The van der Waals surface area contributed by atoms with Crippen molar-refractivity contribution in [3.8, 4) is 11.5 Å². The third-order valence-electron chi connectivity index (χ3n) is 6.35. The molecule has 1 saturated heterocycles. The fraction of sp³-hybridized carbons (Fsp3) is 0.667. The first-order valence-corrected chi connectivity index (χ1v) is 11.4. The van der Waals surface area contributed by atoms with Crippen LogP contribution in [0.4, 0.5) is 0 Å². The Hall–Kier alpha value is -2.24. The molecule has 1 N–H and O–H groups in total. The van der Waals surface area contributed by atoms with Crippen molar-refractivity contribution in [1.29, 1.82) is 0 Å². The van der Waals surface area contributed by atoms with Crippen LogP contribution in [0.1, 0.15) is 76.8 Å². The van der Waals surface area contributed by atoms with Crippen molar-refractivity contribution in [3.63, 3.8) is 0 Å². The number of unbranched alkanes of at least 4 members (excludes halogenated alkanes) is 2. The summed E-state index contributed by atoms with van der Waals surface area (Å²) in [4.78, 5) is 27.1. The van der Waals surface area contributed by atoms with E-state index in [0.717, 1.165) is 43.4 Å². The van der Waals surface area contributed by atoms with E-state index in [1.165, 1.54) is 12.8 Å². The molecule has 0 aromatic heterocycles. The summed E-state index contributed by atoms with van der Waals surface area (Å²) in [6, 6.07) is 5.96. The summed E-state index contributed by atoms with van der Waals surface area (Å²) in [5, 5.41) is 3.09. The van der Waals surface area contributed by atoms with Gasteiger partial charge in [-0.2, -0.15) is 0 Å². The SMILES string of the molecule is CCCCCOc1ccc(C(C)NC(=O)C2CC(=O)N(C3CCCC3)C2)cc1OC. The van der Waals surface area contributed by atoms with Crippen LogP contribution in [0.3, 0.4) is 0 Å². The van der Waals surface area contributed by atoms with E-state index in [0.29, 0.717) is 31.4 Å². The number of hydrogen-bond donors (Lipinski definition) is 1. The number of carbonyl (C=O) groups is 2. The summed E-state index contributed by atoms with van der Waals surface area (Å²) in [5.74, 6) is 1.22. The molecule has 2 amide bonds. The monoisotopic (exact) mass is 416 g/mol. The maximum atomic E-state index is 12.8. The van der Waals surface area contributed by atoms with Gasteiger partial charge in [-0.05, 0) is 43.9 Å². The highest BCUT2D eigenvalue weighted by atomic mass is 16.5. The van der Waals surface area contributed by atoms with Crippen molar-refractivity contribution in [2.24, 2.45) is 5.92 Å². The summed E-state index contributed by atoms with van der Waals surface area (Å²) in [6.45, 7) is 5.34. The number of rotatable bonds is 10. The fourth-order valence-electron chi connectivity index (χ4n) is 4.50. The molecule has 6 nitrogen and oxygen atoms in total. The van der Waals surface area contributed by atoms with Crippen LogP contribution in [0.5, 0.6) is 11.5 Å². The molecule has 1 aromatic rings. The number of nitrogens with one attached hydrogen (secondary N) is 1. The molecule has 1 saturated carbocycles. The Balaban J connectivity index is 1.56. The van der Waals surface area contributed by atoms with Gasteiger partial charge in [-0.3, -0.25) is 9.59 Å². The van der Waals surface area contributed by atoms with Crippen LogP contribution < -0.4 is 14.8 Å². The molecule has 0 bridgehead atoms. The number of hydrogen-bond acceptors (Lipinski definition) is 4. The van der Waals surface area contributed by atoms with Gasteiger partial charge in [0.25, 0.3) is 0 Å². The van der Waals surface area contributed by atoms with Crippen LogP contribution >= 0.6 is 0 Å². The first-order chi connectivity index (χ1) is 14.5. The standard InChI is InChI=1S/C24H36N2O4/c1-4-5-8-13-30-21-12-11-18(14-22(21)29-3)17(2)25-24(28)19-15-23(27)26(16-19)20-9-6-7-10-20/h11-12,14,17,19-20H,4-10,13,15-16H2,1-3H3,(H,25,28). The maximum Gasteiger partial charge on any atom is 0.225 e. The Morgan fingerprint density at radius 2 is 2.00 bits per heavy atom. The Kier molecular flexibility index (Phi) is 8.00. The van der Waals surface area contributed by atoms with E-state index in [2.05, 4.69) is 12.2 Å². The zero-order chi connectivity index (χ0) is 21.5. The second-order valence-corrected chi connectivity index (χ2v) is 8.58. The highest BCUT2D eigenvalue weighted by Gasteiger charge is 2.38. The molecule has 6 heteroatoms. The normalized spacial score (nSPS) is 20.4. The number of amides is 2. The van der Waals surface area contributed by atoms with Crippen molar-refractivity contribution in [1.82, 2.24) is 10.2 Å². The third-order valence-corrected chi connectivity index (χ3v) is 6.35. The lowest BCUT2D eigenvalue weighted by Crippen LogP contribution is -2.37. The molecular formula is C24H36N2O4. The zero-order valence-electron chi connectivity index (χ0n) is 18.6. The molecule has 1 aliphatic carbocycles. The molecule has 0 spiro atoms. The Bertz CT molecular complexity index is 730. The Labute approximate surface area is 180 Å². The molecule has 2 aliphatic rings. The Morgan fingerprint density at radius 3 is 2.70 bits per heavy atom. The topological polar surface area (TPSA) is 67.9 Å². The zero-order valence-corrected chi connectivity index (χ0v) is 18.6. The van der Waals surface area contributed by atoms with Gasteiger partial charge in [0.1, 0.15) is 0 Å². The van der Waals surface area contributed by atoms with Crippen LogP contribution in [0.15, 0.2) is 18.2 Å². The molecule has 2 unspecified atom stereocenters. The predicted octanol–water partition coefficient (Wildman–Crippen LogP) is 4.23. The molecule has 2 fully saturated rings. The molecule has 1 heterocycles. The number of likely N-dealkylation sites (tertiary alicyclic amines) is 1. The van der Waals surface area contributed by atoms with E-state index in [-0.39, 0.29) is 23.8 Å². The minimum absolute atomic E-state index is 0.0461. The van der Waals surface area contributed by atoms with Gasteiger partial charge in [-0.25, -0.2) is 0 Å². The summed E-state index contributed by atoms with van der Waals surface area (Å²) < 4.78 is 11.3. The van der Waals surface area contributed by atoms with E-state index >= 15 is 0 Å². The smallest absolute Gasteiger partial charge is 0.225 e. The molecule has 0 radical (unpaired) electrons. The van der Waals surface area contributed by atoms with Crippen molar-refractivity contribution in [2.45, 2.75) is 77.3 Å². The number of carbonyl (C=O) groups excluding carboxylic acids is 2. The van der Waals surface area contributed by atoms with E-state index in [9.17, 15) is 9.59 Å². The first-order valence-electron chi connectivity index (χ1n) is 11.4. The van der Waals surface area contributed by atoms with Gasteiger partial charge in [0.2, 0.25) is 11.8 Å². The Morgan fingerprint density at radius 1 is 1.23 bits per heavy atom. The van der Waals surface area contributed by atoms with Gasteiger partial charge in [0, 0.05) is 19.0 Å². The average Bonchev–Trinajstić information content (AvgIpc) is 3.40. The first kappa shape index (κ1) is 22.4. The molecule has 30 heavy (non-hydrogen) atoms. The summed E-state index contributed by atoms with van der Waals surface area (Å²) >= 11 is 0. The van der Waals surface area contributed by atoms with Crippen LogP contribution in [0, 0.1) is 5.92 Å². The predicted molar refractivity (Wildman–Crippen MR) is 117 cm³/mol. The van der Waals surface area contributed by atoms with Crippen LogP contribution in [-0.4, -0.2) is 43.0 Å². The highest BCUT2D eigenvalue weighted by Crippen LogP contribution is 2.32. The van der Waals surface area contributed by atoms with Gasteiger partial charge in [-0.1, -0.05) is 38.7 Å². The quantitative estimate of drug-likeness (QED) is 0.580. The summed E-state index contributed by atoms with van der Waals surface area (Å²) in [5.41, 5.74) is 0.957. The largest absolute Gasteiger partial charge is 0.493 e. The van der Waals surface area contributed by atoms with Gasteiger partial charge in [0.05, 0.1) is 25.7 Å². The lowest BCUT2D eigenvalue weighted by Gasteiger charge is -2.24. The van der Waals surface area contributed by atoms with E-state index in [4.69, 9.17) is 9.47 Å². The second kappa shape index (κ2) is 10.7. The number of benzene rings is 1. The molecule has 2 atom stereocenters. The lowest BCUT2D eigenvalue weighted by atomic mass is 10.0. The maximum absolute atomic E-state index is 12.8. The van der Waals surface area contributed by atoms with Gasteiger partial charge < -0.3 is 19.7 Å². The van der Waals surface area contributed by atoms with Gasteiger partial charge in [-0.15, -0.1) is 0 Å². The number of nitrogens with zero attached hydrogens (tertiary/aromatic N) is 1. The summed E-state index contributed by atoms with van der Waals surface area (Å²) in [7, 11) is 1.63. The number of methoxy groups -OCH3 is 1. The molecule has 1 aliphatic heterocycles. The minimum Gasteiger partial charge on any atom is -0.493 e. The molecule has 1 aromatic carbocycles. The van der Waals surface area contributed by atoms with E-state index < -0.39 is 0 Å². The highest BCUT2D eigenvalue weighted by molar-refractivity contribution is 5.89.